The molecule has 0 radical (unpaired) electrons. The van der Waals surface area contributed by atoms with Crippen LogP contribution in [0.1, 0.15) is 6.42 Å². The highest BCUT2D eigenvalue weighted by Gasteiger charge is 2.28. The summed E-state index contributed by atoms with van der Waals surface area (Å²) in [6.07, 6.45) is 0.330. The predicted molar refractivity (Wildman–Crippen MR) is 72.9 cm³/mol. The summed E-state index contributed by atoms with van der Waals surface area (Å²) in [6, 6.07) is 5.90. The number of benzene rings is 1. The molecule has 2 N–H and O–H groups in total. The van der Waals surface area contributed by atoms with Crippen molar-refractivity contribution in [2.75, 3.05) is 30.3 Å². The Morgan fingerprint density at radius 2 is 1.68 bits per heavy atom. The Hall–Kier alpha value is -1.12. The van der Waals surface area contributed by atoms with Crippen LogP contribution in [0.4, 0.5) is 5.69 Å². The fourth-order valence-corrected chi connectivity index (χ4v) is 4.81. The van der Waals surface area contributed by atoms with Crippen LogP contribution in [-0.4, -0.2) is 45.7 Å². The first-order valence-corrected chi connectivity index (χ1v) is 9.13. The molecule has 106 valence electrons. The maximum atomic E-state index is 12.4. The first-order chi connectivity index (χ1) is 8.81. The Morgan fingerprint density at radius 3 is 2.32 bits per heavy atom. The number of hydrogen-bond donors (Lipinski definition) is 1. The van der Waals surface area contributed by atoms with Gasteiger partial charge in [-0.25, -0.2) is 16.8 Å². The zero-order chi connectivity index (χ0) is 14.1. The number of rotatable bonds is 2. The summed E-state index contributed by atoms with van der Waals surface area (Å²) in [5.41, 5.74) is 6.00. The summed E-state index contributed by atoms with van der Waals surface area (Å²) in [7, 11) is -6.77. The molecule has 1 heterocycles. The third-order valence-corrected chi connectivity index (χ3v) is 6.66. The fraction of sp³-hybridized carbons (Fsp3) is 0.455. The maximum absolute atomic E-state index is 12.4. The largest absolute Gasteiger partial charge is 0.399 e. The van der Waals surface area contributed by atoms with Crippen molar-refractivity contribution in [2.24, 2.45) is 0 Å². The SMILES string of the molecule is Nc1ccc(S(=O)(=O)N2CCCS(=O)(=O)CC2)cc1. The van der Waals surface area contributed by atoms with Gasteiger partial charge in [0.15, 0.2) is 9.84 Å². The van der Waals surface area contributed by atoms with Crippen molar-refractivity contribution < 1.29 is 16.8 Å². The van der Waals surface area contributed by atoms with Crippen molar-refractivity contribution in [3.8, 4) is 0 Å². The minimum absolute atomic E-state index is 0.00897. The van der Waals surface area contributed by atoms with Gasteiger partial charge in [-0.2, -0.15) is 4.31 Å². The number of sulfonamides is 1. The van der Waals surface area contributed by atoms with Crippen molar-refractivity contribution in [3.05, 3.63) is 24.3 Å². The van der Waals surface area contributed by atoms with Gasteiger partial charge in [0.25, 0.3) is 0 Å². The first-order valence-electron chi connectivity index (χ1n) is 5.87. The molecular formula is C11H16N2O4S2. The molecule has 1 aromatic rings. The number of nitrogen functional groups attached to an aromatic ring is 1. The van der Waals surface area contributed by atoms with Gasteiger partial charge in [0.05, 0.1) is 16.4 Å². The average molecular weight is 304 g/mol. The second kappa shape index (κ2) is 5.10. The Labute approximate surface area is 113 Å². The highest BCUT2D eigenvalue weighted by atomic mass is 32.2. The number of hydrogen-bond acceptors (Lipinski definition) is 5. The molecule has 8 heteroatoms. The second-order valence-electron chi connectivity index (χ2n) is 4.48. The van der Waals surface area contributed by atoms with Gasteiger partial charge in [-0.05, 0) is 30.7 Å². The molecule has 1 saturated heterocycles. The molecule has 2 rings (SSSR count). The molecule has 0 aliphatic carbocycles. The molecule has 19 heavy (non-hydrogen) atoms. The first kappa shape index (κ1) is 14.3. The fourth-order valence-electron chi connectivity index (χ4n) is 1.94. The Morgan fingerprint density at radius 1 is 1.05 bits per heavy atom. The predicted octanol–water partition coefficient (Wildman–Crippen LogP) is 0.0780. The van der Waals surface area contributed by atoms with Gasteiger partial charge in [0.2, 0.25) is 10.0 Å². The number of nitrogens with two attached hydrogens (primary N) is 1. The molecule has 0 bridgehead atoms. The average Bonchev–Trinajstić information content (AvgIpc) is 2.51. The number of anilines is 1. The molecule has 0 atom stereocenters. The second-order valence-corrected chi connectivity index (χ2v) is 8.72. The minimum atomic E-state index is -3.64. The molecule has 0 saturated carbocycles. The van der Waals surface area contributed by atoms with Crippen molar-refractivity contribution in [3.63, 3.8) is 0 Å². The zero-order valence-electron chi connectivity index (χ0n) is 10.3. The van der Waals surface area contributed by atoms with Crippen LogP contribution in [0, 0.1) is 0 Å². The maximum Gasteiger partial charge on any atom is 0.243 e. The summed E-state index contributed by atoms with van der Waals surface area (Å²) in [5.74, 6) is -0.0814. The lowest BCUT2D eigenvalue weighted by molar-refractivity contribution is 0.434. The van der Waals surface area contributed by atoms with E-state index in [9.17, 15) is 16.8 Å². The highest BCUT2D eigenvalue weighted by molar-refractivity contribution is 7.91. The van der Waals surface area contributed by atoms with Gasteiger partial charge in [-0.3, -0.25) is 0 Å². The summed E-state index contributed by atoms with van der Waals surface area (Å²) >= 11 is 0. The quantitative estimate of drug-likeness (QED) is 0.780. The van der Waals surface area contributed by atoms with Gasteiger partial charge in [0, 0.05) is 18.8 Å². The van der Waals surface area contributed by atoms with Crippen LogP contribution in [0.2, 0.25) is 0 Å². The highest BCUT2D eigenvalue weighted by Crippen LogP contribution is 2.19. The zero-order valence-corrected chi connectivity index (χ0v) is 12.0. The van der Waals surface area contributed by atoms with E-state index in [1.807, 2.05) is 0 Å². The van der Waals surface area contributed by atoms with E-state index >= 15 is 0 Å². The molecular weight excluding hydrogens is 288 g/mol. The van der Waals surface area contributed by atoms with E-state index in [0.717, 1.165) is 0 Å². The molecule has 0 spiro atoms. The topological polar surface area (TPSA) is 97.5 Å². The van der Waals surface area contributed by atoms with E-state index < -0.39 is 19.9 Å². The van der Waals surface area contributed by atoms with E-state index in [1.165, 1.54) is 28.6 Å². The molecule has 1 fully saturated rings. The third-order valence-electron chi connectivity index (χ3n) is 3.03. The van der Waals surface area contributed by atoms with Crippen LogP contribution >= 0.6 is 0 Å². The number of nitrogens with zero attached hydrogens (tertiary/aromatic N) is 1. The van der Waals surface area contributed by atoms with E-state index in [2.05, 4.69) is 0 Å². The summed E-state index contributed by atoms with van der Waals surface area (Å²) in [5, 5.41) is 0. The van der Waals surface area contributed by atoms with Crippen LogP contribution in [0.25, 0.3) is 0 Å². The van der Waals surface area contributed by atoms with Crippen molar-refractivity contribution in [2.45, 2.75) is 11.3 Å². The lowest BCUT2D eigenvalue weighted by atomic mass is 10.3. The van der Waals surface area contributed by atoms with E-state index in [0.29, 0.717) is 12.1 Å². The van der Waals surface area contributed by atoms with Crippen molar-refractivity contribution in [1.29, 1.82) is 0 Å². The van der Waals surface area contributed by atoms with Crippen molar-refractivity contribution >= 4 is 25.5 Å². The monoisotopic (exact) mass is 304 g/mol. The van der Waals surface area contributed by atoms with Crippen LogP contribution in [0.5, 0.6) is 0 Å². The standard InChI is InChI=1S/C11H16N2O4S2/c12-10-2-4-11(5-3-10)19(16,17)13-6-1-8-18(14,15)9-7-13/h2-5H,1,6-9,12H2. The molecule has 0 aromatic heterocycles. The van der Waals surface area contributed by atoms with Crippen LogP contribution in [0.3, 0.4) is 0 Å². The molecule has 6 nitrogen and oxygen atoms in total. The Balaban J connectivity index is 2.27. The molecule has 1 aliphatic heterocycles. The molecule has 1 aromatic carbocycles. The van der Waals surface area contributed by atoms with E-state index in [1.54, 1.807) is 0 Å². The molecule has 0 unspecified atom stereocenters. The summed E-state index contributed by atoms with van der Waals surface area (Å²) in [4.78, 5) is 0.140. The van der Waals surface area contributed by atoms with Crippen LogP contribution < -0.4 is 5.73 Å². The molecule has 1 aliphatic rings. The summed E-state index contributed by atoms with van der Waals surface area (Å²) in [6.45, 7) is 0.237. The van der Waals surface area contributed by atoms with E-state index in [-0.39, 0.29) is 29.5 Å². The van der Waals surface area contributed by atoms with Crippen molar-refractivity contribution in [1.82, 2.24) is 4.31 Å². The lowest BCUT2D eigenvalue weighted by Crippen LogP contribution is -2.33. The van der Waals surface area contributed by atoms with Crippen LogP contribution in [-0.2, 0) is 19.9 Å². The third kappa shape index (κ3) is 3.26. The Kier molecular flexibility index (Phi) is 3.84. The van der Waals surface area contributed by atoms with Gasteiger partial charge in [-0.15, -0.1) is 0 Å². The molecule has 0 amide bonds. The normalized spacial score (nSPS) is 20.8. The van der Waals surface area contributed by atoms with Crippen LogP contribution in [0.15, 0.2) is 29.2 Å². The van der Waals surface area contributed by atoms with Gasteiger partial charge in [0.1, 0.15) is 0 Å². The summed E-state index contributed by atoms with van der Waals surface area (Å²) < 4.78 is 48.9. The van der Waals surface area contributed by atoms with Gasteiger partial charge < -0.3 is 5.73 Å². The smallest absolute Gasteiger partial charge is 0.243 e. The minimum Gasteiger partial charge on any atom is -0.399 e. The Bertz CT molecular complexity index is 650. The van der Waals surface area contributed by atoms with Gasteiger partial charge >= 0.3 is 0 Å². The number of sulfone groups is 1. The van der Waals surface area contributed by atoms with Gasteiger partial charge in [-0.1, -0.05) is 0 Å². The lowest BCUT2D eigenvalue weighted by Gasteiger charge is -2.19. The van der Waals surface area contributed by atoms with E-state index in [4.69, 9.17) is 5.73 Å².